The van der Waals surface area contributed by atoms with Gasteiger partial charge in [-0.15, -0.1) is 0 Å². The topological polar surface area (TPSA) is 42.7 Å². The summed E-state index contributed by atoms with van der Waals surface area (Å²) < 4.78 is 1.97. The highest BCUT2D eigenvalue weighted by Gasteiger charge is 2.08. The summed E-state index contributed by atoms with van der Waals surface area (Å²) in [5.41, 5.74) is 0. The van der Waals surface area contributed by atoms with Crippen LogP contribution in [0.25, 0.3) is 0 Å². The third kappa shape index (κ3) is 4.61. The standard InChI is InChI=1S/C11H21BrN4/c1-4-5-16-11(14-8-15-16)7-13-10(3)6-9(2)12/h8-10,13H,4-7H2,1-3H3. The van der Waals surface area contributed by atoms with E-state index in [1.165, 1.54) is 0 Å². The number of halogens is 1. The van der Waals surface area contributed by atoms with Crippen molar-refractivity contribution in [1.82, 2.24) is 20.1 Å². The first kappa shape index (κ1) is 13.6. The average Bonchev–Trinajstić information content (AvgIpc) is 2.62. The van der Waals surface area contributed by atoms with Gasteiger partial charge in [-0.05, 0) is 19.8 Å². The van der Waals surface area contributed by atoms with Crippen molar-refractivity contribution in [2.24, 2.45) is 0 Å². The lowest BCUT2D eigenvalue weighted by Crippen LogP contribution is -2.29. The van der Waals surface area contributed by atoms with Crippen molar-refractivity contribution in [3.8, 4) is 0 Å². The maximum Gasteiger partial charge on any atom is 0.140 e. The predicted octanol–water partition coefficient (Wildman–Crippen LogP) is 2.34. The molecular formula is C11H21BrN4. The molecule has 0 aliphatic heterocycles. The van der Waals surface area contributed by atoms with Crippen LogP contribution in [0.5, 0.6) is 0 Å². The fraction of sp³-hybridized carbons (Fsp3) is 0.818. The molecule has 0 aliphatic rings. The molecule has 0 saturated carbocycles. The Morgan fingerprint density at radius 1 is 1.50 bits per heavy atom. The first-order chi connectivity index (χ1) is 7.63. The molecule has 1 aromatic rings. The fourth-order valence-electron chi connectivity index (χ4n) is 1.66. The third-order valence-corrected chi connectivity index (χ3v) is 2.79. The summed E-state index contributed by atoms with van der Waals surface area (Å²) in [7, 11) is 0. The predicted molar refractivity (Wildman–Crippen MR) is 69.6 cm³/mol. The molecule has 16 heavy (non-hydrogen) atoms. The molecule has 1 heterocycles. The highest BCUT2D eigenvalue weighted by Crippen LogP contribution is 2.07. The van der Waals surface area contributed by atoms with Gasteiger partial charge in [-0.25, -0.2) is 9.67 Å². The Bertz CT molecular complexity index is 298. The molecule has 0 radical (unpaired) electrons. The maximum atomic E-state index is 4.26. The SMILES string of the molecule is CCCn1ncnc1CNC(C)CC(C)Br. The second-order valence-corrected chi connectivity index (χ2v) is 5.76. The van der Waals surface area contributed by atoms with E-state index in [0.717, 1.165) is 31.8 Å². The Morgan fingerprint density at radius 2 is 2.25 bits per heavy atom. The van der Waals surface area contributed by atoms with Crippen LogP contribution in [0.1, 0.15) is 39.4 Å². The van der Waals surface area contributed by atoms with E-state index >= 15 is 0 Å². The molecule has 1 aromatic heterocycles. The van der Waals surface area contributed by atoms with Crippen molar-refractivity contribution in [1.29, 1.82) is 0 Å². The number of hydrogen-bond acceptors (Lipinski definition) is 3. The van der Waals surface area contributed by atoms with Gasteiger partial charge in [0, 0.05) is 17.4 Å². The van der Waals surface area contributed by atoms with E-state index in [2.05, 4.69) is 52.1 Å². The van der Waals surface area contributed by atoms with Crippen LogP contribution in [-0.2, 0) is 13.1 Å². The molecule has 0 aliphatic carbocycles. The van der Waals surface area contributed by atoms with E-state index in [4.69, 9.17) is 0 Å². The number of nitrogens with one attached hydrogen (secondary N) is 1. The molecule has 0 saturated heterocycles. The Morgan fingerprint density at radius 3 is 2.88 bits per heavy atom. The van der Waals surface area contributed by atoms with Crippen molar-refractivity contribution in [2.75, 3.05) is 0 Å². The summed E-state index contributed by atoms with van der Waals surface area (Å²) in [6.07, 6.45) is 3.83. The van der Waals surface area contributed by atoms with Crippen molar-refractivity contribution in [3.05, 3.63) is 12.2 Å². The lowest BCUT2D eigenvalue weighted by molar-refractivity contribution is 0.480. The number of hydrogen-bond donors (Lipinski definition) is 1. The van der Waals surface area contributed by atoms with Crippen molar-refractivity contribution < 1.29 is 0 Å². The van der Waals surface area contributed by atoms with Crippen LogP contribution in [0, 0.1) is 0 Å². The largest absolute Gasteiger partial charge is 0.307 e. The van der Waals surface area contributed by atoms with E-state index in [0.29, 0.717) is 10.9 Å². The van der Waals surface area contributed by atoms with E-state index in [9.17, 15) is 0 Å². The van der Waals surface area contributed by atoms with E-state index in [-0.39, 0.29) is 0 Å². The van der Waals surface area contributed by atoms with Crippen LogP contribution >= 0.6 is 15.9 Å². The Hall–Kier alpha value is -0.420. The summed E-state index contributed by atoms with van der Waals surface area (Å²) in [4.78, 5) is 4.81. The smallest absolute Gasteiger partial charge is 0.140 e. The van der Waals surface area contributed by atoms with E-state index in [1.807, 2.05) is 4.68 Å². The van der Waals surface area contributed by atoms with Gasteiger partial charge in [0.2, 0.25) is 0 Å². The van der Waals surface area contributed by atoms with Gasteiger partial charge in [0.1, 0.15) is 12.2 Å². The van der Waals surface area contributed by atoms with E-state index < -0.39 is 0 Å². The first-order valence-electron chi connectivity index (χ1n) is 5.87. The number of aromatic nitrogens is 3. The molecule has 2 atom stereocenters. The number of aryl methyl sites for hydroxylation is 1. The van der Waals surface area contributed by atoms with Gasteiger partial charge in [-0.3, -0.25) is 0 Å². The van der Waals surface area contributed by atoms with Crippen molar-refractivity contribution in [2.45, 2.75) is 57.6 Å². The first-order valence-corrected chi connectivity index (χ1v) is 6.79. The molecule has 1 rings (SSSR count). The van der Waals surface area contributed by atoms with Gasteiger partial charge in [-0.2, -0.15) is 5.10 Å². The van der Waals surface area contributed by atoms with Gasteiger partial charge in [-0.1, -0.05) is 29.8 Å². The fourth-order valence-corrected chi connectivity index (χ4v) is 2.22. The molecule has 1 N–H and O–H groups in total. The lowest BCUT2D eigenvalue weighted by Gasteiger charge is -2.15. The summed E-state index contributed by atoms with van der Waals surface area (Å²) in [6, 6.07) is 0.487. The third-order valence-electron chi connectivity index (χ3n) is 2.42. The van der Waals surface area contributed by atoms with Crippen molar-refractivity contribution >= 4 is 15.9 Å². The number of rotatable bonds is 7. The normalized spacial score (nSPS) is 15.0. The monoisotopic (exact) mass is 288 g/mol. The lowest BCUT2D eigenvalue weighted by atomic mass is 10.2. The molecule has 4 nitrogen and oxygen atoms in total. The zero-order valence-electron chi connectivity index (χ0n) is 10.3. The Kier molecular flexibility index (Phi) is 5.98. The summed E-state index contributed by atoms with van der Waals surface area (Å²) in [5, 5.41) is 7.66. The van der Waals surface area contributed by atoms with E-state index in [1.54, 1.807) is 6.33 Å². The minimum atomic E-state index is 0.487. The summed E-state index contributed by atoms with van der Waals surface area (Å²) >= 11 is 3.56. The van der Waals surface area contributed by atoms with Crippen LogP contribution in [0.15, 0.2) is 6.33 Å². The Balaban J connectivity index is 2.38. The zero-order valence-corrected chi connectivity index (χ0v) is 11.9. The molecule has 0 bridgehead atoms. The minimum absolute atomic E-state index is 0.487. The second kappa shape index (κ2) is 7.01. The quantitative estimate of drug-likeness (QED) is 0.783. The van der Waals surface area contributed by atoms with Crippen LogP contribution in [-0.4, -0.2) is 25.6 Å². The molecule has 0 aromatic carbocycles. The molecule has 92 valence electrons. The Labute approximate surface area is 106 Å². The van der Waals surface area contributed by atoms with Crippen LogP contribution in [0.4, 0.5) is 0 Å². The number of alkyl halides is 1. The molecule has 0 spiro atoms. The second-order valence-electron chi connectivity index (χ2n) is 4.20. The van der Waals surface area contributed by atoms with Crippen LogP contribution in [0.3, 0.4) is 0 Å². The van der Waals surface area contributed by atoms with Gasteiger partial charge in [0.15, 0.2) is 0 Å². The molecule has 0 amide bonds. The highest BCUT2D eigenvalue weighted by molar-refractivity contribution is 9.09. The molecule has 5 heteroatoms. The average molecular weight is 289 g/mol. The summed E-state index contributed by atoms with van der Waals surface area (Å²) in [5.74, 6) is 1.02. The number of nitrogens with zero attached hydrogens (tertiary/aromatic N) is 3. The van der Waals surface area contributed by atoms with Gasteiger partial charge < -0.3 is 5.32 Å². The molecule has 0 fully saturated rings. The molecular weight excluding hydrogens is 268 g/mol. The maximum absolute atomic E-state index is 4.26. The van der Waals surface area contributed by atoms with Crippen LogP contribution < -0.4 is 5.32 Å². The van der Waals surface area contributed by atoms with Gasteiger partial charge >= 0.3 is 0 Å². The summed E-state index contributed by atoms with van der Waals surface area (Å²) in [6.45, 7) is 8.24. The minimum Gasteiger partial charge on any atom is -0.307 e. The van der Waals surface area contributed by atoms with Gasteiger partial charge in [0.05, 0.1) is 6.54 Å². The van der Waals surface area contributed by atoms with Crippen molar-refractivity contribution in [3.63, 3.8) is 0 Å². The van der Waals surface area contributed by atoms with Gasteiger partial charge in [0.25, 0.3) is 0 Å². The zero-order chi connectivity index (χ0) is 12.0. The molecule has 2 unspecified atom stereocenters. The van der Waals surface area contributed by atoms with Crippen LogP contribution in [0.2, 0.25) is 0 Å². The highest BCUT2D eigenvalue weighted by atomic mass is 79.9.